The van der Waals surface area contributed by atoms with Crippen molar-refractivity contribution < 1.29 is 0 Å². The second-order valence-corrected chi connectivity index (χ2v) is 2.33. The maximum absolute atomic E-state index is 3.67. The highest BCUT2D eigenvalue weighted by atomic mass is 15.3. The predicted molar refractivity (Wildman–Crippen MR) is 57.0 cm³/mol. The normalized spacial score (nSPS) is 8.00. The van der Waals surface area contributed by atoms with Gasteiger partial charge < -0.3 is 0 Å². The van der Waals surface area contributed by atoms with Crippen molar-refractivity contribution in [1.29, 1.82) is 0 Å². The third-order valence-electron chi connectivity index (χ3n) is 1.21. The zero-order valence-electron chi connectivity index (χ0n) is 8.43. The number of aromatic amines is 2. The Labute approximate surface area is 92.0 Å². The fourth-order valence-electron chi connectivity index (χ4n) is 0.635. The summed E-state index contributed by atoms with van der Waals surface area (Å²) in [5, 5.41) is 15.5. The summed E-state index contributed by atoms with van der Waals surface area (Å²) in [4.78, 5) is 7.35. The number of H-pyrrole nitrogens is 2. The van der Waals surface area contributed by atoms with E-state index >= 15 is 0 Å². The highest BCUT2D eigenvalue weighted by Crippen LogP contribution is 1.66. The summed E-state index contributed by atoms with van der Waals surface area (Å²) in [6.45, 7) is 0. The van der Waals surface area contributed by atoms with Gasteiger partial charge in [-0.3, -0.25) is 5.10 Å². The van der Waals surface area contributed by atoms with Gasteiger partial charge in [-0.1, -0.05) is 0 Å². The number of rotatable bonds is 0. The summed E-state index contributed by atoms with van der Waals surface area (Å²) in [6, 6.07) is 3.61. The quantitative estimate of drug-likeness (QED) is 0.577. The molecule has 0 aliphatic heterocycles. The molecular weight excluding hydrogens is 206 g/mol. The Kier molecular flexibility index (Phi) is 6.47. The Hall–Kier alpha value is -2.57. The lowest BCUT2D eigenvalue weighted by molar-refractivity contribution is 0.940. The largest absolute Gasteiger partial charge is 0.286 e. The van der Waals surface area contributed by atoms with Gasteiger partial charge in [0.1, 0.15) is 6.33 Å². The highest BCUT2D eigenvalue weighted by molar-refractivity contribution is 4.74. The molecule has 0 aliphatic carbocycles. The van der Waals surface area contributed by atoms with Crippen LogP contribution in [0.5, 0.6) is 0 Å². The molecule has 0 atom stereocenters. The molecule has 16 heavy (non-hydrogen) atoms. The number of aromatic nitrogens is 7. The van der Waals surface area contributed by atoms with Crippen molar-refractivity contribution in [2.75, 3.05) is 0 Å². The van der Waals surface area contributed by atoms with Crippen LogP contribution in [0.3, 0.4) is 0 Å². The van der Waals surface area contributed by atoms with E-state index in [1.807, 2.05) is 6.07 Å². The summed E-state index contributed by atoms with van der Waals surface area (Å²) in [5.41, 5.74) is 0. The molecule has 0 radical (unpaired) electrons. The summed E-state index contributed by atoms with van der Waals surface area (Å²) in [6.07, 6.45) is 11.5. The van der Waals surface area contributed by atoms with Crippen LogP contribution in [-0.2, 0) is 0 Å². The van der Waals surface area contributed by atoms with E-state index in [4.69, 9.17) is 0 Å². The first kappa shape index (κ1) is 11.5. The number of hydrogen-bond acceptors (Lipinski definition) is 5. The van der Waals surface area contributed by atoms with Gasteiger partial charge in [-0.2, -0.15) is 20.5 Å². The first-order valence-electron chi connectivity index (χ1n) is 4.43. The van der Waals surface area contributed by atoms with E-state index in [1.54, 1.807) is 43.2 Å². The van der Waals surface area contributed by atoms with E-state index in [9.17, 15) is 0 Å². The molecule has 82 valence electrons. The lowest BCUT2D eigenvalue weighted by Crippen LogP contribution is -1.66. The monoisotopic (exact) mass is 217 g/mol. The number of nitrogens with zero attached hydrogens (tertiary/aromatic N) is 5. The lowest BCUT2D eigenvalue weighted by Gasteiger charge is -1.70. The van der Waals surface area contributed by atoms with Gasteiger partial charge in [-0.25, -0.2) is 9.97 Å². The summed E-state index contributed by atoms with van der Waals surface area (Å²) < 4.78 is 0. The number of nitrogens with one attached hydrogen (secondary N) is 2. The molecule has 0 amide bonds. The summed E-state index contributed by atoms with van der Waals surface area (Å²) >= 11 is 0. The standard InChI is InChI=1S/C4H4N2.C3H4N2.C2H3N3/c1-2-5-4-6-3-1;2*1-2-4-5-3-1/h1-4H;1-3H,(H,4,5);1-2H,(H,3,4,5). The molecule has 0 saturated heterocycles. The van der Waals surface area contributed by atoms with Gasteiger partial charge in [0.25, 0.3) is 0 Å². The maximum atomic E-state index is 3.67. The molecule has 0 aliphatic rings. The molecule has 7 heteroatoms. The van der Waals surface area contributed by atoms with Crippen molar-refractivity contribution in [1.82, 2.24) is 35.6 Å². The van der Waals surface area contributed by atoms with Crippen LogP contribution in [0.25, 0.3) is 0 Å². The van der Waals surface area contributed by atoms with Crippen LogP contribution in [0, 0.1) is 0 Å². The van der Waals surface area contributed by atoms with Gasteiger partial charge in [-0.05, 0) is 12.1 Å². The SMILES string of the molecule is c1cn[nH]c1.c1cn[nH]n1.c1cncnc1. The van der Waals surface area contributed by atoms with E-state index in [-0.39, 0.29) is 0 Å². The molecule has 3 aromatic heterocycles. The first-order chi connectivity index (χ1) is 8.00. The maximum Gasteiger partial charge on any atom is 0.115 e. The summed E-state index contributed by atoms with van der Waals surface area (Å²) in [7, 11) is 0. The third-order valence-corrected chi connectivity index (χ3v) is 1.21. The van der Waals surface area contributed by atoms with Gasteiger partial charge in [0, 0.05) is 24.8 Å². The highest BCUT2D eigenvalue weighted by Gasteiger charge is 1.59. The molecule has 2 N–H and O–H groups in total. The molecule has 3 heterocycles. The zero-order valence-corrected chi connectivity index (χ0v) is 8.43. The van der Waals surface area contributed by atoms with Gasteiger partial charge in [0.05, 0.1) is 12.4 Å². The van der Waals surface area contributed by atoms with Crippen molar-refractivity contribution >= 4 is 0 Å². The topological polar surface area (TPSA) is 96.0 Å². The van der Waals surface area contributed by atoms with Crippen molar-refractivity contribution in [2.45, 2.75) is 0 Å². The number of hydrogen-bond donors (Lipinski definition) is 2. The molecule has 0 aromatic carbocycles. The Morgan fingerprint density at radius 1 is 0.688 bits per heavy atom. The van der Waals surface area contributed by atoms with Crippen LogP contribution in [0.4, 0.5) is 0 Å². The second kappa shape index (κ2) is 9.00. The summed E-state index contributed by atoms with van der Waals surface area (Å²) in [5.74, 6) is 0. The fraction of sp³-hybridized carbons (Fsp3) is 0. The van der Waals surface area contributed by atoms with Crippen LogP contribution in [0.15, 0.2) is 55.6 Å². The van der Waals surface area contributed by atoms with Crippen molar-refractivity contribution in [3.8, 4) is 0 Å². The third kappa shape index (κ3) is 6.89. The van der Waals surface area contributed by atoms with E-state index < -0.39 is 0 Å². The van der Waals surface area contributed by atoms with Crippen molar-refractivity contribution in [3.63, 3.8) is 0 Å². The second-order valence-electron chi connectivity index (χ2n) is 2.33. The van der Waals surface area contributed by atoms with E-state index in [1.165, 1.54) is 6.33 Å². The van der Waals surface area contributed by atoms with Crippen molar-refractivity contribution in [3.05, 3.63) is 55.6 Å². The molecule has 0 spiro atoms. The smallest absolute Gasteiger partial charge is 0.115 e. The van der Waals surface area contributed by atoms with Crippen LogP contribution in [-0.4, -0.2) is 35.6 Å². The fourth-order valence-corrected chi connectivity index (χ4v) is 0.635. The van der Waals surface area contributed by atoms with Crippen LogP contribution in [0.2, 0.25) is 0 Å². The minimum atomic E-state index is 1.50. The van der Waals surface area contributed by atoms with Crippen molar-refractivity contribution in [2.24, 2.45) is 0 Å². The molecule has 3 rings (SSSR count). The first-order valence-corrected chi connectivity index (χ1v) is 4.43. The molecule has 0 unspecified atom stereocenters. The van der Waals surface area contributed by atoms with Gasteiger partial charge in [0.15, 0.2) is 0 Å². The Bertz CT molecular complexity index is 307. The minimum absolute atomic E-state index is 1.50. The molecular formula is C9H11N7. The minimum Gasteiger partial charge on any atom is -0.286 e. The molecule has 0 bridgehead atoms. The lowest BCUT2D eigenvalue weighted by atomic mass is 10.7. The van der Waals surface area contributed by atoms with Crippen LogP contribution < -0.4 is 0 Å². The van der Waals surface area contributed by atoms with Gasteiger partial charge in [0.2, 0.25) is 0 Å². The molecule has 3 aromatic rings. The Balaban J connectivity index is 0.000000121. The average molecular weight is 217 g/mol. The van der Waals surface area contributed by atoms with Gasteiger partial charge >= 0.3 is 0 Å². The zero-order chi connectivity index (χ0) is 11.3. The van der Waals surface area contributed by atoms with E-state index in [0.717, 1.165) is 0 Å². The molecule has 0 saturated carbocycles. The van der Waals surface area contributed by atoms with Gasteiger partial charge in [-0.15, -0.1) is 0 Å². The average Bonchev–Trinajstić information content (AvgIpc) is 3.10. The van der Waals surface area contributed by atoms with Crippen LogP contribution >= 0.6 is 0 Å². The molecule has 0 fully saturated rings. The van der Waals surface area contributed by atoms with E-state index in [2.05, 4.69) is 35.6 Å². The predicted octanol–water partition coefficient (Wildman–Crippen LogP) is 0.691. The van der Waals surface area contributed by atoms with Crippen LogP contribution in [0.1, 0.15) is 0 Å². The molecule has 7 nitrogen and oxygen atoms in total. The van der Waals surface area contributed by atoms with E-state index in [0.29, 0.717) is 0 Å². The Morgan fingerprint density at radius 2 is 1.44 bits per heavy atom. The Morgan fingerprint density at radius 3 is 1.62 bits per heavy atom.